The fourth-order valence-corrected chi connectivity index (χ4v) is 2.76. The number of rotatable bonds is 4. The molecule has 2 amide bonds. The van der Waals surface area contributed by atoms with E-state index in [1.54, 1.807) is 7.11 Å². The van der Waals surface area contributed by atoms with Crippen LogP contribution in [0.5, 0.6) is 0 Å². The number of amides is 2. The molecule has 0 aliphatic heterocycles. The number of aromatic nitrogens is 2. The minimum atomic E-state index is -0.193. The van der Waals surface area contributed by atoms with Gasteiger partial charge in [-0.05, 0) is 12.8 Å². The number of methoxy groups -OCH3 is 1. The molecule has 0 unspecified atom stereocenters. The minimum Gasteiger partial charge on any atom is -0.377 e. The maximum absolute atomic E-state index is 11.7. The first kappa shape index (κ1) is 13.2. The van der Waals surface area contributed by atoms with Gasteiger partial charge in [0.25, 0.3) is 0 Å². The van der Waals surface area contributed by atoms with Crippen molar-refractivity contribution in [1.29, 1.82) is 0 Å². The van der Waals surface area contributed by atoms with Crippen molar-refractivity contribution in [3.63, 3.8) is 0 Å². The zero-order valence-electron chi connectivity index (χ0n) is 10.4. The quantitative estimate of drug-likeness (QED) is 0.879. The fraction of sp³-hybridized carbons (Fsp3) is 0.727. The zero-order chi connectivity index (χ0) is 12.8. The van der Waals surface area contributed by atoms with Crippen LogP contribution in [-0.2, 0) is 11.3 Å². The number of urea groups is 1. The largest absolute Gasteiger partial charge is 0.377 e. The molecule has 0 aromatic carbocycles. The highest BCUT2D eigenvalue weighted by molar-refractivity contribution is 7.15. The highest BCUT2D eigenvalue weighted by atomic mass is 32.1. The van der Waals surface area contributed by atoms with Gasteiger partial charge in [-0.3, -0.25) is 5.32 Å². The summed E-state index contributed by atoms with van der Waals surface area (Å²) < 4.78 is 4.95. The zero-order valence-corrected chi connectivity index (χ0v) is 11.3. The lowest BCUT2D eigenvalue weighted by Gasteiger charge is -2.22. The Labute approximate surface area is 110 Å². The summed E-state index contributed by atoms with van der Waals surface area (Å²) in [5, 5.41) is 14.7. The summed E-state index contributed by atoms with van der Waals surface area (Å²) in [4.78, 5) is 11.7. The number of hydrogen-bond donors (Lipinski definition) is 2. The molecule has 18 heavy (non-hydrogen) atoms. The number of ether oxygens (including phenoxy) is 1. The van der Waals surface area contributed by atoms with Gasteiger partial charge in [-0.25, -0.2) is 4.79 Å². The summed E-state index contributed by atoms with van der Waals surface area (Å²) in [5.41, 5.74) is 0. The second-order valence-corrected chi connectivity index (χ2v) is 5.43. The maximum Gasteiger partial charge on any atom is 0.321 e. The molecule has 6 nitrogen and oxygen atoms in total. The molecule has 1 heterocycles. The van der Waals surface area contributed by atoms with Crippen molar-refractivity contribution in [2.24, 2.45) is 0 Å². The van der Waals surface area contributed by atoms with Crippen LogP contribution < -0.4 is 10.6 Å². The van der Waals surface area contributed by atoms with Crippen LogP contribution in [0, 0.1) is 0 Å². The third kappa shape index (κ3) is 3.92. The molecular weight excluding hydrogens is 252 g/mol. The van der Waals surface area contributed by atoms with Gasteiger partial charge in [-0.1, -0.05) is 30.6 Å². The highest BCUT2D eigenvalue weighted by Gasteiger charge is 2.16. The normalized spacial score (nSPS) is 16.5. The van der Waals surface area contributed by atoms with Gasteiger partial charge in [0.2, 0.25) is 5.13 Å². The standard InChI is InChI=1S/C11H18N4O2S/c1-17-7-9-14-15-11(18-9)13-10(16)12-8-5-3-2-4-6-8/h8H,2-7H2,1H3,(H2,12,13,15,16). The molecule has 1 saturated carbocycles. The summed E-state index contributed by atoms with van der Waals surface area (Å²) in [7, 11) is 1.60. The van der Waals surface area contributed by atoms with Crippen LogP contribution >= 0.6 is 11.3 Å². The lowest BCUT2D eigenvalue weighted by Crippen LogP contribution is -2.38. The van der Waals surface area contributed by atoms with Crippen molar-refractivity contribution < 1.29 is 9.53 Å². The topological polar surface area (TPSA) is 76.1 Å². The molecule has 0 saturated heterocycles. The van der Waals surface area contributed by atoms with Gasteiger partial charge in [-0.2, -0.15) is 0 Å². The van der Waals surface area contributed by atoms with Crippen LogP contribution in [0.15, 0.2) is 0 Å². The first-order valence-electron chi connectivity index (χ1n) is 6.17. The van der Waals surface area contributed by atoms with E-state index in [-0.39, 0.29) is 6.03 Å². The van der Waals surface area contributed by atoms with Crippen molar-refractivity contribution in [3.05, 3.63) is 5.01 Å². The summed E-state index contributed by atoms with van der Waals surface area (Å²) in [6.07, 6.45) is 5.80. The van der Waals surface area contributed by atoms with E-state index in [2.05, 4.69) is 20.8 Å². The molecule has 0 radical (unpaired) electrons. The van der Waals surface area contributed by atoms with Gasteiger partial charge in [0.15, 0.2) is 0 Å². The smallest absolute Gasteiger partial charge is 0.321 e. The Morgan fingerprint density at radius 3 is 2.89 bits per heavy atom. The van der Waals surface area contributed by atoms with E-state index in [0.29, 0.717) is 17.8 Å². The molecule has 1 fully saturated rings. The van der Waals surface area contributed by atoms with Crippen LogP contribution in [0.1, 0.15) is 37.1 Å². The lowest BCUT2D eigenvalue weighted by atomic mass is 9.96. The summed E-state index contributed by atoms with van der Waals surface area (Å²) in [6, 6.07) is 0.104. The van der Waals surface area contributed by atoms with E-state index in [9.17, 15) is 4.79 Å². The number of hydrogen-bond acceptors (Lipinski definition) is 5. The number of carbonyl (C=O) groups excluding carboxylic acids is 1. The predicted octanol–water partition coefficient (Wildman–Crippen LogP) is 2.14. The van der Waals surface area contributed by atoms with E-state index >= 15 is 0 Å². The van der Waals surface area contributed by atoms with Gasteiger partial charge < -0.3 is 10.1 Å². The molecule has 2 N–H and O–H groups in total. The van der Waals surface area contributed by atoms with E-state index in [1.165, 1.54) is 30.6 Å². The molecule has 1 aliphatic rings. The Morgan fingerprint density at radius 2 is 2.17 bits per heavy atom. The number of carbonyl (C=O) groups is 1. The van der Waals surface area contributed by atoms with Crippen LogP contribution in [0.3, 0.4) is 0 Å². The van der Waals surface area contributed by atoms with E-state index in [4.69, 9.17) is 4.74 Å². The monoisotopic (exact) mass is 270 g/mol. The molecular formula is C11H18N4O2S. The average Bonchev–Trinajstić information content (AvgIpc) is 2.78. The molecule has 2 rings (SSSR count). The minimum absolute atomic E-state index is 0.193. The average molecular weight is 270 g/mol. The SMILES string of the molecule is COCc1nnc(NC(=O)NC2CCCCC2)s1. The Hall–Kier alpha value is -1.21. The van der Waals surface area contributed by atoms with Gasteiger partial charge in [-0.15, -0.1) is 10.2 Å². The van der Waals surface area contributed by atoms with Crippen molar-refractivity contribution in [2.45, 2.75) is 44.8 Å². The summed E-state index contributed by atoms with van der Waals surface area (Å²) in [5.74, 6) is 0. The molecule has 1 aromatic rings. The molecule has 7 heteroatoms. The van der Waals surface area contributed by atoms with Gasteiger partial charge in [0.1, 0.15) is 11.6 Å². The Balaban J connectivity index is 1.78. The van der Waals surface area contributed by atoms with Gasteiger partial charge >= 0.3 is 6.03 Å². The molecule has 1 aromatic heterocycles. The lowest BCUT2D eigenvalue weighted by molar-refractivity contribution is 0.184. The molecule has 1 aliphatic carbocycles. The second-order valence-electron chi connectivity index (χ2n) is 4.37. The Kier molecular flexibility index (Phi) is 4.89. The molecule has 0 bridgehead atoms. The van der Waals surface area contributed by atoms with Crippen molar-refractivity contribution in [2.75, 3.05) is 12.4 Å². The fourth-order valence-electron chi connectivity index (χ4n) is 2.05. The molecule has 0 atom stereocenters. The van der Waals surface area contributed by atoms with Gasteiger partial charge in [0, 0.05) is 13.2 Å². The maximum atomic E-state index is 11.7. The third-order valence-electron chi connectivity index (χ3n) is 2.90. The van der Waals surface area contributed by atoms with Crippen molar-refractivity contribution >= 4 is 22.5 Å². The predicted molar refractivity (Wildman–Crippen MR) is 69.6 cm³/mol. The van der Waals surface area contributed by atoms with Crippen molar-refractivity contribution in [1.82, 2.24) is 15.5 Å². The van der Waals surface area contributed by atoms with E-state index in [0.717, 1.165) is 17.8 Å². The number of nitrogens with zero attached hydrogens (tertiary/aromatic N) is 2. The van der Waals surface area contributed by atoms with Crippen LogP contribution in [-0.4, -0.2) is 29.4 Å². The summed E-state index contributed by atoms with van der Waals surface area (Å²) >= 11 is 1.33. The van der Waals surface area contributed by atoms with E-state index in [1.807, 2.05) is 0 Å². The van der Waals surface area contributed by atoms with Crippen LogP contribution in [0.25, 0.3) is 0 Å². The molecule has 0 spiro atoms. The highest BCUT2D eigenvalue weighted by Crippen LogP contribution is 2.18. The second kappa shape index (κ2) is 6.65. The van der Waals surface area contributed by atoms with Crippen molar-refractivity contribution in [3.8, 4) is 0 Å². The molecule has 100 valence electrons. The Bertz CT molecular complexity index is 390. The first-order chi connectivity index (χ1) is 8.78. The van der Waals surface area contributed by atoms with Gasteiger partial charge in [0.05, 0.1) is 0 Å². The van der Waals surface area contributed by atoms with E-state index < -0.39 is 0 Å². The number of anilines is 1. The Morgan fingerprint density at radius 1 is 1.39 bits per heavy atom. The summed E-state index contributed by atoms with van der Waals surface area (Å²) in [6.45, 7) is 0.420. The first-order valence-corrected chi connectivity index (χ1v) is 6.98. The van der Waals surface area contributed by atoms with Crippen LogP contribution in [0.4, 0.5) is 9.93 Å². The number of nitrogens with one attached hydrogen (secondary N) is 2. The van der Waals surface area contributed by atoms with Crippen LogP contribution in [0.2, 0.25) is 0 Å². The third-order valence-corrected chi connectivity index (χ3v) is 3.71.